The maximum absolute atomic E-state index is 8.48. The zero-order valence-electron chi connectivity index (χ0n) is 8.70. The number of aliphatic hydroxyl groups is 1. The molecule has 13 heavy (non-hydrogen) atoms. The number of hydrogen-bond donors (Lipinski definition) is 1. The zero-order chi connectivity index (χ0) is 9.68. The Labute approximate surface area is 80.7 Å². The predicted octanol–water partition coefficient (Wildman–Crippen LogP) is 0.583. The van der Waals surface area contributed by atoms with Crippen molar-refractivity contribution in [1.82, 2.24) is 4.90 Å². The van der Waals surface area contributed by atoms with Gasteiger partial charge in [0.15, 0.2) is 0 Å². The first kappa shape index (κ1) is 11.0. The number of likely N-dealkylation sites (tertiary alicyclic amines) is 1. The van der Waals surface area contributed by atoms with E-state index in [9.17, 15) is 0 Å². The second-order valence-electron chi connectivity index (χ2n) is 4.10. The molecule has 1 N–H and O–H groups in total. The van der Waals surface area contributed by atoms with Gasteiger partial charge in [0.2, 0.25) is 0 Å². The SMILES string of the molecule is CC(C)C1CN(CCOCCO)C1. The average molecular weight is 187 g/mol. The lowest BCUT2D eigenvalue weighted by Gasteiger charge is -2.41. The van der Waals surface area contributed by atoms with Crippen LogP contribution in [0.25, 0.3) is 0 Å². The van der Waals surface area contributed by atoms with Crippen LogP contribution in [0.5, 0.6) is 0 Å². The molecule has 0 atom stereocenters. The largest absolute Gasteiger partial charge is 0.394 e. The Bertz CT molecular complexity index is 133. The van der Waals surface area contributed by atoms with Gasteiger partial charge in [0, 0.05) is 19.6 Å². The lowest BCUT2D eigenvalue weighted by atomic mass is 9.88. The molecule has 1 aliphatic heterocycles. The van der Waals surface area contributed by atoms with Crippen LogP contribution < -0.4 is 0 Å². The van der Waals surface area contributed by atoms with Gasteiger partial charge in [-0.1, -0.05) is 13.8 Å². The summed E-state index contributed by atoms with van der Waals surface area (Å²) in [6, 6.07) is 0. The van der Waals surface area contributed by atoms with E-state index in [2.05, 4.69) is 18.7 Å². The van der Waals surface area contributed by atoms with Crippen molar-refractivity contribution >= 4 is 0 Å². The fraction of sp³-hybridized carbons (Fsp3) is 1.00. The summed E-state index contributed by atoms with van der Waals surface area (Å²) in [5.41, 5.74) is 0. The first-order chi connectivity index (χ1) is 6.24. The van der Waals surface area contributed by atoms with Crippen molar-refractivity contribution < 1.29 is 9.84 Å². The summed E-state index contributed by atoms with van der Waals surface area (Å²) in [7, 11) is 0. The van der Waals surface area contributed by atoms with Crippen molar-refractivity contribution in [2.24, 2.45) is 11.8 Å². The van der Waals surface area contributed by atoms with E-state index in [-0.39, 0.29) is 6.61 Å². The molecule has 3 nitrogen and oxygen atoms in total. The van der Waals surface area contributed by atoms with Gasteiger partial charge in [0.05, 0.1) is 19.8 Å². The topological polar surface area (TPSA) is 32.7 Å². The van der Waals surface area contributed by atoms with Crippen molar-refractivity contribution in [3.8, 4) is 0 Å². The molecule has 1 heterocycles. The van der Waals surface area contributed by atoms with Crippen LogP contribution in [0.15, 0.2) is 0 Å². The molecular weight excluding hydrogens is 166 g/mol. The number of hydrogen-bond acceptors (Lipinski definition) is 3. The third-order valence-electron chi connectivity index (χ3n) is 2.72. The van der Waals surface area contributed by atoms with E-state index >= 15 is 0 Å². The highest BCUT2D eigenvalue weighted by atomic mass is 16.5. The monoisotopic (exact) mass is 187 g/mol. The van der Waals surface area contributed by atoms with Gasteiger partial charge in [-0.25, -0.2) is 0 Å². The van der Waals surface area contributed by atoms with E-state index in [0.29, 0.717) is 6.61 Å². The second kappa shape index (κ2) is 5.58. The lowest BCUT2D eigenvalue weighted by Crippen LogP contribution is -2.50. The smallest absolute Gasteiger partial charge is 0.0698 e. The van der Waals surface area contributed by atoms with Gasteiger partial charge < -0.3 is 14.7 Å². The van der Waals surface area contributed by atoms with Gasteiger partial charge >= 0.3 is 0 Å². The van der Waals surface area contributed by atoms with E-state index < -0.39 is 0 Å². The third kappa shape index (κ3) is 3.63. The van der Waals surface area contributed by atoms with E-state index in [4.69, 9.17) is 9.84 Å². The highest BCUT2D eigenvalue weighted by Crippen LogP contribution is 2.22. The Kier molecular flexibility index (Phi) is 4.70. The molecule has 0 spiro atoms. The second-order valence-corrected chi connectivity index (χ2v) is 4.10. The quantitative estimate of drug-likeness (QED) is 0.618. The highest BCUT2D eigenvalue weighted by molar-refractivity contribution is 4.81. The summed E-state index contributed by atoms with van der Waals surface area (Å²) in [6.45, 7) is 9.39. The molecule has 0 bridgehead atoms. The van der Waals surface area contributed by atoms with E-state index in [1.165, 1.54) is 13.1 Å². The molecule has 0 aliphatic carbocycles. The summed E-state index contributed by atoms with van der Waals surface area (Å²) >= 11 is 0. The van der Waals surface area contributed by atoms with Crippen molar-refractivity contribution in [3.05, 3.63) is 0 Å². The van der Waals surface area contributed by atoms with Gasteiger partial charge in [-0.05, 0) is 11.8 Å². The molecule has 1 saturated heterocycles. The minimum atomic E-state index is 0.134. The van der Waals surface area contributed by atoms with Crippen LogP contribution in [0.4, 0.5) is 0 Å². The first-order valence-corrected chi connectivity index (χ1v) is 5.15. The lowest BCUT2D eigenvalue weighted by molar-refractivity contribution is 0.0226. The molecule has 1 aliphatic rings. The predicted molar refractivity (Wildman–Crippen MR) is 52.7 cm³/mol. The summed E-state index contributed by atoms with van der Waals surface area (Å²) in [5.74, 6) is 1.70. The van der Waals surface area contributed by atoms with Gasteiger partial charge in [0.1, 0.15) is 0 Å². The van der Waals surface area contributed by atoms with Crippen LogP contribution in [0, 0.1) is 11.8 Å². The van der Waals surface area contributed by atoms with Crippen molar-refractivity contribution in [1.29, 1.82) is 0 Å². The van der Waals surface area contributed by atoms with Crippen LogP contribution in [-0.4, -0.2) is 49.5 Å². The number of rotatable bonds is 6. The fourth-order valence-corrected chi connectivity index (χ4v) is 1.57. The van der Waals surface area contributed by atoms with E-state index in [1.807, 2.05) is 0 Å². The number of aliphatic hydroxyl groups excluding tert-OH is 1. The molecule has 0 unspecified atom stereocenters. The normalized spacial score (nSPS) is 19.4. The van der Waals surface area contributed by atoms with Crippen LogP contribution in [0.3, 0.4) is 0 Å². The van der Waals surface area contributed by atoms with Crippen molar-refractivity contribution in [3.63, 3.8) is 0 Å². The van der Waals surface area contributed by atoms with Gasteiger partial charge in [-0.2, -0.15) is 0 Å². The molecule has 0 aromatic heterocycles. The minimum Gasteiger partial charge on any atom is -0.394 e. The maximum Gasteiger partial charge on any atom is 0.0698 e. The highest BCUT2D eigenvalue weighted by Gasteiger charge is 2.28. The molecule has 1 rings (SSSR count). The minimum absolute atomic E-state index is 0.134. The molecule has 1 fully saturated rings. The average Bonchev–Trinajstić information content (AvgIpc) is 2.00. The van der Waals surface area contributed by atoms with Gasteiger partial charge in [-0.3, -0.25) is 0 Å². The third-order valence-corrected chi connectivity index (χ3v) is 2.72. The first-order valence-electron chi connectivity index (χ1n) is 5.15. The van der Waals surface area contributed by atoms with Crippen LogP contribution in [0.2, 0.25) is 0 Å². The molecule has 0 saturated carbocycles. The van der Waals surface area contributed by atoms with Gasteiger partial charge in [0.25, 0.3) is 0 Å². The molecule has 0 aromatic carbocycles. The Hall–Kier alpha value is -0.120. The van der Waals surface area contributed by atoms with Crippen molar-refractivity contribution in [2.45, 2.75) is 13.8 Å². The Morgan fingerprint density at radius 3 is 2.62 bits per heavy atom. The molecule has 0 aromatic rings. The van der Waals surface area contributed by atoms with Crippen molar-refractivity contribution in [2.75, 3.05) is 39.5 Å². The summed E-state index contributed by atoms with van der Waals surface area (Å²) in [6.07, 6.45) is 0. The van der Waals surface area contributed by atoms with Crippen LogP contribution >= 0.6 is 0 Å². The Balaban J connectivity index is 1.90. The van der Waals surface area contributed by atoms with E-state index in [0.717, 1.165) is 25.0 Å². The Morgan fingerprint density at radius 1 is 1.38 bits per heavy atom. The molecule has 3 heteroatoms. The molecular formula is C10H21NO2. The summed E-state index contributed by atoms with van der Waals surface area (Å²) in [4.78, 5) is 2.40. The van der Waals surface area contributed by atoms with E-state index in [1.54, 1.807) is 0 Å². The molecule has 78 valence electrons. The molecule has 0 radical (unpaired) electrons. The number of nitrogens with zero attached hydrogens (tertiary/aromatic N) is 1. The van der Waals surface area contributed by atoms with Crippen LogP contribution in [-0.2, 0) is 4.74 Å². The Morgan fingerprint density at radius 2 is 2.08 bits per heavy atom. The number of ether oxygens (including phenoxy) is 1. The summed E-state index contributed by atoms with van der Waals surface area (Å²) < 4.78 is 5.19. The zero-order valence-corrected chi connectivity index (χ0v) is 8.70. The van der Waals surface area contributed by atoms with Gasteiger partial charge in [-0.15, -0.1) is 0 Å². The van der Waals surface area contributed by atoms with Crippen LogP contribution in [0.1, 0.15) is 13.8 Å². The fourth-order valence-electron chi connectivity index (χ4n) is 1.57. The summed E-state index contributed by atoms with van der Waals surface area (Å²) in [5, 5.41) is 8.48. The molecule has 0 amide bonds. The maximum atomic E-state index is 8.48. The standard InChI is InChI=1S/C10H21NO2/c1-9(2)10-7-11(8-10)3-5-13-6-4-12/h9-10,12H,3-8H2,1-2H3.